The van der Waals surface area contributed by atoms with E-state index in [1.165, 1.54) is 0 Å². The van der Waals surface area contributed by atoms with Gasteiger partial charge in [0, 0.05) is 0 Å². The Labute approximate surface area is 89.9 Å². The van der Waals surface area contributed by atoms with E-state index >= 15 is 0 Å². The number of alkyl halides is 3. The molecule has 16 heavy (non-hydrogen) atoms. The van der Waals surface area contributed by atoms with Crippen molar-refractivity contribution in [2.24, 2.45) is 0 Å². The largest absolute Gasteiger partial charge is 0.405 e. The van der Waals surface area contributed by atoms with Crippen LogP contribution in [-0.4, -0.2) is 25.2 Å². The average Bonchev–Trinajstić information content (AvgIpc) is 2.14. The first kappa shape index (κ1) is 10.8. The Morgan fingerprint density at radius 1 is 1.31 bits per heavy atom. The molecule has 1 aromatic carbocycles. The van der Waals surface area contributed by atoms with Gasteiger partial charge in [0.15, 0.2) is 0 Å². The normalized spacial score (nSPS) is 15.7. The lowest BCUT2D eigenvalue weighted by Gasteiger charge is -2.31. The number of anilines is 2. The zero-order valence-corrected chi connectivity index (χ0v) is 8.21. The molecule has 0 bridgehead atoms. The Bertz CT molecular complexity index is 417. The fourth-order valence-electron chi connectivity index (χ4n) is 1.66. The van der Waals surface area contributed by atoms with Crippen molar-refractivity contribution >= 4 is 17.3 Å². The van der Waals surface area contributed by atoms with Crippen LogP contribution in [0.5, 0.6) is 0 Å². The highest BCUT2D eigenvalue weighted by atomic mass is 19.4. The zero-order valence-electron chi connectivity index (χ0n) is 8.21. The minimum Gasteiger partial charge on any atom is -0.351 e. The quantitative estimate of drug-likeness (QED) is 0.800. The van der Waals surface area contributed by atoms with Crippen molar-refractivity contribution in [3.63, 3.8) is 0 Å². The predicted molar refractivity (Wildman–Crippen MR) is 53.3 cm³/mol. The first-order valence-electron chi connectivity index (χ1n) is 4.66. The number of fused-ring (bicyclic) bond motifs is 1. The number of para-hydroxylation sites is 2. The van der Waals surface area contributed by atoms with Crippen LogP contribution < -0.4 is 10.2 Å². The third kappa shape index (κ3) is 2.26. The third-order valence-electron chi connectivity index (χ3n) is 2.22. The first-order chi connectivity index (χ1) is 7.46. The number of hydrogen-bond acceptors (Lipinski definition) is 2. The molecule has 0 aliphatic carbocycles. The Morgan fingerprint density at radius 3 is 2.69 bits per heavy atom. The molecule has 0 aromatic heterocycles. The van der Waals surface area contributed by atoms with E-state index < -0.39 is 18.6 Å². The van der Waals surface area contributed by atoms with Crippen LogP contribution >= 0.6 is 0 Å². The molecular formula is C10H9F3N2O. The van der Waals surface area contributed by atoms with Crippen LogP contribution in [0.3, 0.4) is 0 Å². The van der Waals surface area contributed by atoms with Gasteiger partial charge in [-0.25, -0.2) is 0 Å². The van der Waals surface area contributed by atoms with E-state index in [-0.39, 0.29) is 6.54 Å². The van der Waals surface area contributed by atoms with Gasteiger partial charge >= 0.3 is 6.18 Å². The molecule has 1 heterocycles. The molecule has 0 fully saturated rings. The minimum absolute atomic E-state index is 0.267. The van der Waals surface area contributed by atoms with Crippen LogP contribution in [0.1, 0.15) is 0 Å². The average molecular weight is 230 g/mol. The number of nitrogens with one attached hydrogen (secondary N) is 1. The van der Waals surface area contributed by atoms with Gasteiger partial charge in [-0.1, -0.05) is 12.1 Å². The van der Waals surface area contributed by atoms with Crippen molar-refractivity contribution in [1.29, 1.82) is 0 Å². The summed E-state index contributed by atoms with van der Waals surface area (Å²) in [4.78, 5) is 12.2. The van der Waals surface area contributed by atoms with Crippen LogP contribution in [0, 0.1) is 0 Å². The van der Waals surface area contributed by atoms with Gasteiger partial charge in [0.05, 0.1) is 17.9 Å². The molecule has 0 spiro atoms. The molecule has 1 aliphatic heterocycles. The number of nitrogens with zero attached hydrogens (tertiary/aromatic N) is 1. The van der Waals surface area contributed by atoms with E-state index in [0.717, 1.165) is 4.90 Å². The van der Waals surface area contributed by atoms with E-state index in [1.807, 2.05) is 0 Å². The lowest BCUT2D eigenvalue weighted by Crippen LogP contribution is -2.43. The number of carbonyl (C=O) groups excluding carboxylic acids is 1. The summed E-state index contributed by atoms with van der Waals surface area (Å²) in [7, 11) is 0. The van der Waals surface area contributed by atoms with Crippen molar-refractivity contribution in [2.75, 3.05) is 23.3 Å². The Kier molecular flexibility index (Phi) is 2.49. The van der Waals surface area contributed by atoms with Crippen molar-refractivity contribution in [2.45, 2.75) is 6.18 Å². The Balaban J connectivity index is 2.30. The summed E-state index contributed by atoms with van der Waals surface area (Å²) < 4.78 is 36.9. The van der Waals surface area contributed by atoms with Crippen molar-refractivity contribution in [3.05, 3.63) is 24.3 Å². The molecule has 0 radical (unpaired) electrons. The van der Waals surface area contributed by atoms with Crippen LogP contribution in [-0.2, 0) is 4.79 Å². The monoisotopic (exact) mass is 230 g/mol. The summed E-state index contributed by atoms with van der Waals surface area (Å²) >= 11 is 0. The maximum atomic E-state index is 12.3. The van der Waals surface area contributed by atoms with Crippen LogP contribution in [0.15, 0.2) is 24.3 Å². The SMILES string of the molecule is O=C1CN(CC(F)(F)F)c2ccccc2N1. The van der Waals surface area contributed by atoms with Crippen molar-refractivity contribution in [1.82, 2.24) is 0 Å². The molecule has 1 N–H and O–H groups in total. The lowest BCUT2D eigenvalue weighted by atomic mass is 10.2. The summed E-state index contributed by atoms with van der Waals surface area (Å²) in [5.41, 5.74) is 0.822. The summed E-state index contributed by atoms with van der Waals surface area (Å²) in [5.74, 6) is -0.428. The summed E-state index contributed by atoms with van der Waals surface area (Å²) in [6.45, 7) is -1.38. The second kappa shape index (κ2) is 3.70. The van der Waals surface area contributed by atoms with E-state index in [4.69, 9.17) is 0 Å². The minimum atomic E-state index is -4.31. The molecule has 1 aromatic rings. The second-order valence-electron chi connectivity index (χ2n) is 3.54. The molecule has 0 saturated heterocycles. The van der Waals surface area contributed by atoms with Crippen molar-refractivity contribution < 1.29 is 18.0 Å². The lowest BCUT2D eigenvalue weighted by molar-refractivity contribution is -0.122. The van der Waals surface area contributed by atoms with Crippen molar-refractivity contribution in [3.8, 4) is 0 Å². The topological polar surface area (TPSA) is 32.3 Å². The van der Waals surface area contributed by atoms with Gasteiger partial charge in [-0.05, 0) is 12.1 Å². The van der Waals surface area contributed by atoms with E-state index in [9.17, 15) is 18.0 Å². The number of hydrogen-bond donors (Lipinski definition) is 1. The highest BCUT2D eigenvalue weighted by molar-refractivity contribution is 6.01. The summed E-state index contributed by atoms with van der Waals surface area (Å²) in [5, 5.41) is 2.53. The molecule has 3 nitrogen and oxygen atoms in total. The molecule has 0 unspecified atom stereocenters. The number of halogens is 3. The van der Waals surface area contributed by atoms with Gasteiger partial charge < -0.3 is 10.2 Å². The van der Waals surface area contributed by atoms with Crippen LogP contribution in [0.4, 0.5) is 24.5 Å². The maximum Gasteiger partial charge on any atom is 0.405 e. The molecule has 86 valence electrons. The highest BCUT2D eigenvalue weighted by Gasteiger charge is 2.34. The van der Waals surface area contributed by atoms with E-state index in [0.29, 0.717) is 11.4 Å². The Morgan fingerprint density at radius 2 is 2.00 bits per heavy atom. The van der Waals surface area contributed by atoms with Crippen LogP contribution in [0.25, 0.3) is 0 Å². The molecule has 1 amide bonds. The second-order valence-corrected chi connectivity index (χ2v) is 3.54. The van der Waals surface area contributed by atoms with Gasteiger partial charge in [0.25, 0.3) is 0 Å². The van der Waals surface area contributed by atoms with Gasteiger partial charge in [0.2, 0.25) is 5.91 Å². The Hall–Kier alpha value is -1.72. The molecule has 2 rings (SSSR count). The number of benzene rings is 1. The van der Waals surface area contributed by atoms with Crippen LogP contribution in [0.2, 0.25) is 0 Å². The van der Waals surface area contributed by atoms with Gasteiger partial charge in [-0.2, -0.15) is 13.2 Å². The summed E-state index contributed by atoms with van der Waals surface area (Å²) in [6, 6.07) is 6.44. The van der Waals surface area contributed by atoms with Gasteiger partial charge in [-0.15, -0.1) is 0 Å². The molecule has 0 saturated carbocycles. The molecular weight excluding hydrogens is 221 g/mol. The smallest absolute Gasteiger partial charge is 0.351 e. The standard InChI is InChI=1S/C10H9F3N2O/c11-10(12,13)6-15-5-9(16)14-7-3-1-2-4-8(7)15/h1-4H,5-6H2,(H,14,16). The molecule has 1 aliphatic rings. The third-order valence-corrected chi connectivity index (χ3v) is 2.22. The molecule has 6 heteroatoms. The van der Waals surface area contributed by atoms with E-state index in [1.54, 1.807) is 24.3 Å². The maximum absolute atomic E-state index is 12.3. The van der Waals surface area contributed by atoms with Gasteiger partial charge in [0.1, 0.15) is 6.54 Å². The summed E-state index contributed by atoms with van der Waals surface area (Å²) in [6.07, 6.45) is -4.31. The number of carbonyl (C=O) groups is 1. The number of rotatable bonds is 1. The predicted octanol–water partition coefficient (Wildman–Crippen LogP) is 2.01. The first-order valence-corrected chi connectivity index (χ1v) is 4.66. The highest BCUT2D eigenvalue weighted by Crippen LogP contribution is 2.31. The van der Waals surface area contributed by atoms with Gasteiger partial charge in [-0.3, -0.25) is 4.79 Å². The molecule has 0 atom stereocenters. The fourth-order valence-corrected chi connectivity index (χ4v) is 1.66. The fraction of sp³-hybridized carbons (Fsp3) is 0.300. The van der Waals surface area contributed by atoms with E-state index in [2.05, 4.69) is 5.32 Å². The number of amides is 1. The zero-order chi connectivity index (χ0) is 11.8.